The molecule has 0 aromatic carbocycles. The Hall–Kier alpha value is -0.850. The van der Waals surface area contributed by atoms with Crippen LogP contribution in [-0.2, 0) is 14.2 Å². The summed E-state index contributed by atoms with van der Waals surface area (Å²) in [6.45, 7) is 8.25. The third kappa shape index (κ3) is 5.76. The van der Waals surface area contributed by atoms with Crippen molar-refractivity contribution >= 4 is 6.09 Å². The van der Waals surface area contributed by atoms with Crippen LogP contribution in [0.2, 0.25) is 0 Å². The Morgan fingerprint density at radius 1 is 1.37 bits per heavy atom. The highest BCUT2D eigenvalue weighted by Gasteiger charge is 2.33. The van der Waals surface area contributed by atoms with E-state index in [9.17, 15) is 4.79 Å². The van der Waals surface area contributed by atoms with Crippen molar-refractivity contribution < 1.29 is 19.0 Å². The molecule has 0 bridgehead atoms. The molecule has 0 aliphatic carbocycles. The molecule has 1 N–H and O–H groups in total. The zero-order valence-electron chi connectivity index (χ0n) is 12.6. The smallest absolute Gasteiger partial charge is 0.410 e. The normalized spacial score (nSPS) is 18.1. The molecule has 19 heavy (non-hydrogen) atoms. The van der Waals surface area contributed by atoms with Crippen molar-refractivity contribution in [3.8, 4) is 0 Å². The van der Waals surface area contributed by atoms with Gasteiger partial charge in [0.1, 0.15) is 5.60 Å². The minimum Gasteiger partial charge on any atom is -0.444 e. The first-order valence-corrected chi connectivity index (χ1v) is 6.58. The van der Waals surface area contributed by atoms with E-state index in [1.165, 1.54) is 0 Å². The van der Waals surface area contributed by atoms with Gasteiger partial charge in [0.2, 0.25) is 0 Å². The number of methoxy groups -OCH3 is 2. The molecule has 0 aromatic heterocycles. The molecule has 1 unspecified atom stereocenters. The fourth-order valence-electron chi connectivity index (χ4n) is 1.78. The lowest BCUT2D eigenvalue weighted by molar-refractivity contribution is -0.00103. The highest BCUT2D eigenvalue weighted by atomic mass is 16.6. The van der Waals surface area contributed by atoms with Gasteiger partial charge in [-0.05, 0) is 20.8 Å². The van der Waals surface area contributed by atoms with Gasteiger partial charge in [-0.2, -0.15) is 0 Å². The second-order valence-corrected chi connectivity index (χ2v) is 5.80. The lowest BCUT2D eigenvalue weighted by Gasteiger charge is -2.40. The second kappa shape index (κ2) is 7.07. The molecule has 1 saturated heterocycles. The van der Waals surface area contributed by atoms with Gasteiger partial charge < -0.3 is 24.4 Å². The number of amides is 1. The summed E-state index contributed by atoms with van der Waals surface area (Å²) >= 11 is 0. The fourth-order valence-corrected chi connectivity index (χ4v) is 1.78. The summed E-state index contributed by atoms with van der Waals surface area (Å²) in [5, 5.41) is 3.35. The zero-order chi connectivity index (χ0) is 14.5. The average Bonchev–Trinajstić information content (AvgIpc) is 2.22. The van der Waals surface area contributed by atoms with E-state index in [-0.39, 0.29) is 12.2 Å². The quantitative estimate of drug-likeness (QED) is 0.778. The van der Waals surface area contributed by atoms with Gasteiger partial charge in [0.15, 0.2) is 0 Å². The van der Waals surface area contributed by atoms with Gasteiger partial charge in [-0.25, -0.2) is 4.79 Å². The molecule has 112 valence electrons. The molecule has 1 amide bonds. The summed E-state index contributed by atoms with van der Waals surface area (Å²) in [5.74, 6) is 0. The SMILES string of the molecule is COCC(CNC1CN(C(=O)OC(C)(C)C)C1)OC. The first kappa shape index (κ1) is 16.2. The standard InChI is InChI=1S/C13H26N2O4/c1-13(2,3)19-12(16)15-7-10(8-15)14-6-11(18-5)9-17-4/h10-11,14H,6-9H2,1-5H3. The van der Waals surface area contributed by atoms with E-state index >= 15 is 0 Å². The maximum atomic E-state index is 11.7. The number of hydrogen-bond donors (Lipinski definition) is 1. The summed E-state index contributed by atoms with van der Waals surface area (Å²) in [4.78, 5) is 13.4. The Balaban J connectivity index is 2.18. The summed E-state index contributed by atoms with van der Waals surface area (Å²) in [6.07, 6.45) is -0.202. The number of rotatable bonds is 6. The Bertz CT molecular complexity index is 285. The van der Waals surface area contributed by atoms with Crippen LogP contribution in [0.1, 0.15) is 20.8 Å². The maximum absolute atomic E-state index is 11.7. The molecule has 6 heteroatoms. The summed E-state index contributed by atoms with van der Waals surface area (Å²) < 4.78 is 15.6. The zero-order valence-corrected chi connectivity index (χ0v) is 12.6. The average molecular weight is 274 g/mol. The first-order chi connectivity index (χ1) is 8.85. The molecule has 0 aromatic rings. The third-order valence-corrected chi connectivity index (χ3v) is 2.85. The first-order valence-electron chi connectivity index (χ1n) is 6.58. The second-order valence-electron chi connectivity index (χ2n) is 5.80. The predicted octanol–water partition coefficient (Wildman–Crippen LogP) is 0.857. The number of hydrogen-bond acceptors (Lipinski definition) is 5. The van der Waals surface area contributed by atoms with E-state index in [1.54, 1.807) is 19.1 Å². The van der Waals surface area contributed by atoms with Gasteiger partial charge in [0, 0.05) is 39.9 Å². The number of carbonyl (C=O) groups is 1. The molecule has 1 heterocycles. The summed E-state index contributed by atoms with van der Waals surface area (Å²) in [7, 11) is 3.32. The van der Waals surface area contributed by atoms with E-state index in [0.29, 0.717) is 25.7 Å². The lowest BCUT2D eigenvalue weighted by Crippen LogP contribution is -2.61. The molecule has 0 spiro atoms. The minimum atomic E-state index is -0.435. The van der Waals surface area contributed by atoms with Crippen LogP contribution in [0.15, 0.2) is 0 Å². The van der Waals surface area contributed by atoms with E-state index < -0.39 is 5.60 Å². The number of carbonyl (C=O) groups excluding carboxylic acids is 1. The molecule has 1 fully saturated rings. The maximum Gasteiger partial charge on any atom is 0.410 e. The van der Waals surface area contributed by atoms with Crippen LogP contribution in [0.3, 0.4) is 0 Å². The van der Waals surface area contributed by atoms with Crippen molar-refractivity contribution in [1.29, 1.82) is 0 Å². The topological polar surface area (TPSA) is 60.0 Å². The van der Waals surface area contributed by atoms with Crippen LogP contribution in [0, 0.1) is 0 Å². The Morgan fingerprint density at radius 3 is 2.47 bits per heavy atom. The largest absolute Gasteiger partial charge is 0.444 e. The highest BCUT2D eigenvalue weighted by molar-refractivity contribution is 5.69. The Kier molecular flexibility index (Phi) is 6.03. The van der Waals surface area contributed by atoms with Crippen molar-refractivity contribution in [2.45, 2.75) is 38.5 Å². The monoisotopic (exact) mass is 274 g/mol. The molecule has 0 saturated carbocycles. The van der Waals surface area contributed by atoms with Crippen LogP contribution in [0.4, 0.5) is 4.79 Å². The third-order valence-electron chi connectivity index (χ3n) is 2.85. The van der Waals surface area contributed by atoms with E-state index in [1.807, 2.05) is 20.8 Å². The molecule has 1 aliphatic rings. The molecule has 0 radical (unpaired) electrons. The number of likely N-dealkylation sites (tertiary alicyclic amines) is 1. The molecule has 1 aliphatic heterocycles. The van der Waals surface area contributed by atoms with Crippen molar-refractivity contribution in [1.82, 2.24) is 10.2 Å². The van der Waals surface area contributed by atoms with Crippen LogP contribution in [-0.4, -0.2) is 69.2 Å². The van der Waals surface area contributed by atoms with Crippen LogP contribution in [0.5, 0.6) is 0 Å². The fraction of sp³-hybridized carbons (Fsp3) is 0.923. The molecule has 1 atom stereocenters. The number of nitrogens with zero attached hydrogens (tertiary/aromatic N) is 1. The van der Waals surface area contributed by atoms with Crippen molar-refractivity contribution in [3.05, 3.63) is 0 Å². The summed E-state index contributed by atoms with van der Waals surface area (Å²) in [5.41, 5.74) is -0.435. The van der Waals surface area contributed by atoms with Gasteiger partial charge in [-0.15, -0.1) is 0 Å². The van der Waals surface area contributed by atoms with Crippen LogP contribution < -0.4 is 5.32 Å². The highest BCUT2D eigenvalue weighted by Crippen LogP contribution is 2.15. The number of ether oxygens (including phenoxy) is 3. The Morgan fingerprint density at radius 2 is 2.00 bits per heavy atom. The van der Waals surface area contributed by atoms with Crippen molar-refractivity contribution in [2.75, 3.05) is 40.5 Å². The van der Waals surface area contributed by atoms with Crippen LogP contribution in [0.25, 0.3) is 0 Å². The molecule has 1 rings (SSSR count). The van der Waals surface area contributed by atoms with Crippen LogP contribution >= 0.6 is 0 Å². The Labute approximate surface area is 115 Å². The van der Waals surface area contributed by atoms with Gasteiger partial charge in [-0.3, -0.25) is 0 Å². The molecular formula is C13H26N2O4. The van der Waals surface area contributed by atoms with Gasteiger partial charge in [0.05, 0.1) is 12.7 Å². The lowest BCUT2D eigenvalue weighted by atomic mass is 10.1. The van der Waals surface area contributed by atoms with Gasteiger partial charge in [0.25, 0.3) is 0 Å². The van der Waals surface area contributed by atoms with Crippen molar-refractivity contribution in [2.24, 2.45) is 0 Å². The predicted molar refractivity (Wildman–Crippen MR) is 72.3 cm³/mol. The molecule has 6 nitrogen and oxygen atoms in total. The van der Waals surface area contributed by atoms with Crippen molar-refractivity contribution in [3.63, 3.8) is 0 Å². The van der Waals surface area contributed by atoms with E-state index in [0.717, 1.165) is 6.54 Å². The van der Waals surface area contributed by atoms with E-state index in [4.69, 9.17) is 14.2 Å². The molecular weight excluding hydrogens is 248 g/mol. The number of nitrogens with one attached hydrogen (secondary N) is 1. The van der Waals surface area contributed by atoms with E-state index in [2.05, 4.69) is 5.32 Å². The summed E-state index contributed by atoms with van der Waals surface area (Å²) in [6, 6.07) is 0.307. The van der Waals surface area contributed by atoms with Gasteiger partial charge >= 0.3 is 6.09 Å². The minimum absolute atomic E-state index is 0.0422. The van der Waals surface area contributed by atoms with Gasteiger partial charge in [-0.1, -0.05) is 0 Å².